The van der Waals surface area contributed by atoms with Crippen molar-refractivity contribution in [1.82, 2.24) is 24.8 Å². The van der Waals surface area contributed by atoms with Gasteiger partial charge < -0.3 is 20.6 Å². The molecule has 3 N–H and O–H groups in total. The van der Waals surface area contributed by atoms with Gasteiger partial charge in [-0.2, -0.15) is 0 Å². The number of likely N-dealkylation sites (N-methyl/N-ethyl adjacent to an activating group) is 1. The van der Waals surface area contributed by atoms with Gasteiger partial charge in [0.15, 0.2) is 0 Å². The summed E-state index contributed by atoms with van der Waals surface area (Å²) < 4.78 is 0. The topological polar surface area (TPSA) is 124 Å². The molecule has 10 nitrogen and oxygen atoms in total. The van der Waals surface area contributed by atoms with Gasteiger partial charge in [-0.25, -0.2) is 14.8 Å². The van der Waals surface area contributed by atoms with Crippen LogP contribution in [0.25, 0.3) is 11.3 Å². The van der Waals surface area contributed by atoms with Crippen molar-refractivity contribution in [3.8, 4) is 11.3 Å². The first kappa shape index (κ1) is 26.0. The predicted molar refractivity (Wildman–Crippen MR) is 149 cm³/mol. The van der Waals surface area contributed by atoms with Gasteiger partial charge >= 0.3 is 5.97 Å². The molecule has 2 aromatic heterocycles. The highest BCUT2D eigenvalue weighted by molar-refractivity contribution is 6.05. The van der Waals surface area contributed by atoms with Gasteiger partial charge in [-0.1, -0.05) is 12.1 Å². The summed E-state index contributed by atoms with van der Waals surface area (Å²) in [7, 11) is 2.13. The standard InChI is InChI=1S/C29H29N7O3/c1-35-13-15-36(16-14-35)19-20-4-6-21(7-5-20)27(37)32-23-8-9-24(28(38)39)26(17-23)34-29-31-12-10-25(33-29)22-3-2-11-30-18-22/h2-12,17-18H,13-16,19H2,1H3,(H,32,37)(H,38,39)(H,31,33,34). The zero-order valence-corrected chi connectivity index (χ0v) is 21.5. The fraction of sp³-hybridized carbons (Fsp3) is 0.207. The lowest BCUT2D eigenvalue weighted by Crippen LogP contribution is -2.43. The molecule has 1 aliphatic heterocycles. The van der Waals surface area contributed by atoms with Crippen LogP contribution in [0.5, 0.6) is 0 Å². The molecule has 0 bridgehead atoms. The molecule has 1 aliphatic rings. The summed E-state index contributed by atoms with van der Waals surface area (Å²) in [5.41, 5.74) is 3.83. The number of carboxylic acids is 1. The monoisotopic (exact) mass is 523 g/mol. The Morgan fingerprint density at radius 3 is 2.49 bits per heavy atom. The Morgan fingerprint density at radius 1 is 0.974 bits per heavy atom. The third kappa shape index (κ3) is 6.61. The average molecular weight is 524 g/mol. The largest absolute Gasteiger partial charge is 0.478 e. The Bertz CT molecular complexity index is 1450. The zero-order chi connectivity index (χ0) is 27.2. The summed E-state index contributed by atoms with van der Waals surface area (Å²) in [5.74, 6) is -1.18. The SMILES string of the molecule is CN1CCN(Cc2ccc(C(=O)Nc3ccc(C(=O)O)c(Nc4nccc(-c5cccnc5)n4)c3)cc2)CC1. The van der Waals surface area contributed by atoms with Crippen LogP contribution in [0, 0.1) is 0 Å². The van der Waals surface area contributed by atoms with E-state index < -0.39 is 5.97 Å². The molecule has 3 heterocycles. The van der Waals surface area contributed by atoms with Crippen LogP contribution >= 0.6 is 0 Å². The summed E-state index contributed by atoms with van der Waals surface area (Å²) in [4.78, 5) is 42.4. The fourth-order valence-corrected chi connectivity index (χ4v) is 4.36. The smallest absolute Gasteiger partial charge is 0.337 e. The summed E-state index contributed by atoms with van der Waals surface area (Å²) in [5, 5.41) is 15.5. The second-order valence-electron chi connectivity index (χ2n) is 9.43. The van der Waals surface area contributed by atoms with Gasteiger partial charge in [0.05, 0.1) is 16.9 Å². The molecule has 0 spiro atoms. The number of carboxylic acid groups (broad SMARTS) is 1. The van der Waals surface area contributed by atoms with E-state index in [2.05, 4.69) is 42.4 Å². The third-order valence-corrected chi connectivity index (χ3v) is 6.59. The first-order valence-corrected chi connectivity index (χ1v) is 12.6. The number of rotatable bonds is 8. The minimum absolute atomic E-state index is 0.0247. The summed E-state index contributed by atoms with van der Waals surface area (Å²) in [6.45, 7) is 5.02. The van der Waals surface area contributed by atoms with E-state index in [1.807, 2.05) is 30.3 Å². The van der Waals surface area contributed by atoms with Crippen LogP contribution in [0.2, 0.25) is 0 Å². The van der Waals surface area contributed by atoms with Gasteiger partial charge in [0.1, 0.15) is 0 Å². The van der Waals surface area contributed by atoms with Crippen molar-refractivity contribution < 1.29 is 14.7 Å². The van der Waals surface area contributed by atoms with Crippen molar-refractivity contribution in [2.45, 2.75) is 6.54 Å². The van der Waals surface area contributed by atoms with E-state index in [1.54, 1.807) is 42.9 Å². The van der Waals surface area contributed by atoms with Gasteiger partial charge in [-0.15, -0.1) is 0 Å². The van der Waals surface area contributed by atoms with Crippen molar-refractivity contribution in [2.75, 3.05) is 43.9 Å². The number of carbonyl (C=O) groups is 2. The van der Waals surface area contributed by atoms with Crippen molar-refractivity contribution in [3.63, 3.8) is 0 Å². The molecule has 1 amide bonds. The second-order valence-corrected chi connectivity index (χ2v) is 9.43. The van der Waals surface area contributed by atoms with E-state index in [0.29, 0.717) is 16.9 Å². The average Bonchev–Trinajstić information content (AvgIpc) is 2.95. The van der Waals surface area contributed by atoms with Gasteiger partial charge in [0.25, 0.3) is 5.91 Å². The molecule has 39 heavy (non-hydrogen) atoms. The van der Waals surface area contributed by atoms with Gasteiger partial charge in [0.2, 0.25) is 5.95 Å². The number of anilines is 3. The van der Waals surface area contributed by atoms with Gasteiger partial charge in [0, 0.05) is 68.1 Å². The number of nitrogens with one attached hydrogen (secondary N) is 2. The van der Waals surface area contributed by atoms with E-state index >= 15 is 0 Å². The lowest BCUT2D eigenvalue weighted by atomic mass is 10.1. The number of hydrogen-bond donors (Lipinski definition) is 3. The summed E-state index contributed by atoms with van der Waals surface area (Å²) in [6, 6.07) is 17.5. The quantitative estimate of drug-likeness (QED) is 0.315. The molecular weight excluding hydrogens is 494 g/mol. The first-order valence-electron chi connectivity index (χ1n) is 12.6. The molecule has 1 saturated heterocycles. The minimum atomic E-state index is -1.12. The van der Waals surface area contributed by atoms with Gasteiger partial charge in [-0.3, -0.25) is 14.7 Å². The molecule has 0 unspecified atom stereocenters. The Balaban J connectivity index is 1.29. The van der Waals surface area contributed by atoms with Crippen LogP contribution in [0.4, 0.5) is 17.3 Å². The van der Waals surface area contributed by atoms with E-state index in [0.717, 1.165) is 43.9 Å². The maximum absolute atomic E-state index is 12.9. The number of hydrogen-bond acceptors (Lipinski definition) is 8. The molecule has 0 radical (unpaired) electrons. The first-order chi connectivity index (χ1) is 18.9. The molecule has 5 rings (SSSR count). The van der Waals surface area contributed by atoms with Crippen LogP contribution in [-0.4, -0.2) is 75.0 Å². The number of amides is 1. The number of carbonyl (C=O) groups excluding carboxylic acids is 1. The fourth-order valence-electron chi connectivity index (χ4n) is 4.36. The lowest BCUT2D eigenvalue weighted by molar-refractivity contribution is 0.0698. The number of nitrogens with zero attached hydrogens (tertiary/aromatic N) is 5. The van der Waals surface area contributed by atoms with E-state index in [-0.39, 0.29) is 23.1 Å². The summed E-state index contributed by atoms with van der Waals surface area (Å²) >= 11 is 0. The number of pyridine rings is 1. The van der Waals surface area contributed by atoms with Crippen molar-refractivity contribution in [1.29, 1.82) is 0 Å². The molecular formula is C29H29N7O3. The normalized spacial score (nSPS) is 14.1. The molecule has 1 fully saturated rings. The number of benzene rings is 2. The van der Waals surface area contributed by atoms with Crippen molar-refractivity contribution in [3.05, 3.63) is 95.9 Å². The molecule has 10 heteroatoms. The predicted octanol–water partition coefficient (Wildman–Crippen LogP) is 3.98. The Hall–Kier alpha value is -4.67. The zero-order valence-electron chi connectivity index (χ0n) is 21.5. The highest BCUT2D eigenvalue weighted by Gasteiger charge is 2.16. The molecule has 0 atom stereocenters. The highest BCUT2D eigenvalue weighted by Crippen LogP contribution is 2.25. The van der Waals surface area contributed by atoms with Crippen LogP contribution < -0.4 is 10.6 Å². The van der Waals surface area contributed by atoms with E-state index in [1.165, 1.54) is 6.07 Å². The number of piperazine rings is 1. The third-order valence-electron chi connectivity index (χ3n) is 6.59. The molecule has 0 saturated carbocycles. The van der Waals surface area contributed by atoms with Crippen LogP contribution in [0.1, 0.15) is 26.3 Å². The Labute approximate surface area is 226 Å². The highest BCUT2D eigenvalue weighted by atomic mass is 16.4. The van der Waals surface area contributed by atoms with Crippen LogP contribution in [-0.2, 0) is 6.54 Å². The van der Waals surface area contributed by atoms with Crippen molar-refractivity contribution in [2.24, 2.45) is 0 Å². The molecule has 198 valence electrons. The lowest BCUT2D eigenvalue weighted by Gasteiger charge is -2.32. The van der Waals surface area contributed by atoms with Crippen LogP contribution in [0.3, 0.4) is 0 Å². The second kappa shape index (κ2) is 11.8. The van der Waals surface area contributed by atoms with E-state index in [9.17, 15) is 14.7 Å². The minimum Gasteiger partial charge on any atom is -0.478 e. The maximum atomic E-state index is 12.9. The number of aromatic carboxylic acids is 1. The summed E-state index contributed by atoms with van der Waals surface area (Å²) in [6.07, 6.45) is 4.94. The Kier molecular flexibility index (Phi) is 7.86. The Morgan fingerprint density at radius 2 is 1.77 bits per heavy atom. The van der Waals surface area contributed by atoms with Gasteiger partial charge in [-0.05, 0) is 61.1 Å². The molecule has 0 aliphatic carbocycles. The van der Waals surface area contributed by atoms with Crippen LogP contribution in [0.15, 0.2) is 79.3 Å². The maximum Gasteiger partial charge on any atom is 0.337 e. The van der Waals surface area contributed by atoms with E-state index in [4.69, 9.17) is 0 Å². The molecule has 4 aromatic rings. The molecule has 2 aromatic carbocycles. The van der Waals surface area contributed by atoms with Crippen molar-refractivity contribution >= 4 is 29.2 Å². The number of aromatic nitrogens is 3.